The average Bonchev–Trinajstić information content (AvgIpc) is 2.29. The van der Waals surface area contributed by atoms with Gasteiger partial charge in [0.25, 0.3) is 0 Å². The lowest BCUT2D eigenvalue weighted by Crippen LogP contribution is -1.96. The monoisotopic (exact) mass is 202 g/mol. The second-order valence-electron chi connectivity index (χ2n) is 3.06. The highest BCUT2D eigenvalue weighted by Crippen LogP contribution is 2.08. The van der Waals surface area contributed by atoms with Crippen LogP contribution in [-0.4, -0.2) is 13.1 Å². The second kappa shape index (κ2) is 5.81. The predicted molar refractivity (Wildman–Crippen MR) is 62.2 cm³/mol. The second-order valence-corrected chi connectivity index (χ2v) is 3.06. The van der Waals surface area contributed by atoms with Gasteiger partial charge < -0.3 is 4.74 Å². The van der Waals surface area contributed by atoms with Crippen LogP contribution in [0.25, 0.3) is 12.2 Å². The van der Waals surface area contributed by atoms with Gasteiger partial charge in [-0.2, -0.15) is 0 Å². The fourth-order valence-corrected chi connectivity index (χ4v) is 1.16. The van der Waals surface area contributed by atoms with Crippen molar-refractivity contribution in [1.82, 2.24) is 0 Å². The summed E-state index contributed by atoms with van der Waals surface area (Å²) in [6.07, 6.45) is 5.77. The standard InChI is InChI=1S/C13H14O2/c1-3-11-6-4-7-12(10-11)8-5-9-13(14)15-2/h3-8,10H,1,9H2,2H3. The molecule has 0 bridgehead atoms. The van der Waals surface area contributed by atoms with Crippen molar-refractivity contribution >= 4 is 18.1 Å². The molecule has 0 spiro atoms. The Balaban J connectivity index is 2.63. The van der Waals surface area contributed by atoms with Crippen LogP contribution in [0.1, 0.15) is 17.5 Å². The maximum Gasteiger partial charge on any atom is 0.309 e. The molecule has 15 heavy (non-hydrogen) atoms. The first-order chi connectivity index (χ1) is 7.26. The number of ether oxygens (including phenoxy) is 1. The van der Waals surface area contributed by atoms with Crippen LogP contribution in [0.3, 0.4) is 0 Å². The molecule has 0 fully saturated rings. The highest BCUT2D eigenvalue weighted by molar-refractivity contribution is 5.72. The Bertz CT molecular complexity index is 378. The summed E-state index contributed by atoms with van der Waals surface area (Å²) in [7, 11) is 1.38. The first-order valence-corrected chi connectivity index (χ1v) is 4.72. The maximum atomic E-state index is 10.8. The van der Waals surface area contributed by atoms with E-state index in [1.54, 1.807) is 12.2 Å². The van der Waals surface area contributed by atoms with Crippen LogP contribution in [0, 0.1) is 0 Å². The lowest BCUT2D eigenvalue weighted by Gasteiger charge is -1.96. The molecule has 0 aliphatic carbocycles. The van der Waals surface area contributed by atoms with E-state index < -0.39 is 0 Å². The number of hydrogen-bond acceptors (Lipinski definition) is 2. The lowest BCUT2D eigenvalue weighted by molar-refractivity contribution is -0.139. The van der Waals surface area contributed by atoms with Crippen LogP contribution in [-0.2, 0) is 9.53 Å². The molecule has 0 saturated carbocycles. The maximum absolute atomic E-state index is 10.8. The fourth-order valence-electron chi connectivity index (χ4n) is 1.16. The van der Waals surface area contributed by atoms with Crippen molar-refractivity contribution in [1.29, 1.82) is 0 Å². The lowest BCUT2D eigenvalue weighted by atomic mass is 10.1. The third-order valence-corrected chi connectivity index (χ3v) is 1.97. The van der Waals surface area contributed by atoms with E-state index in [0.717, 1.165) is 11.1 Å². The van der Waals surface area contributed by atoms with E-state index in [-0.39, 0.29) is 5.97 Å². The summed E-state index contributed by atoms with van der Waals surface area (Å²) in [5.41, 5.74) is 2.12. The van der Waals surface area contributed by atoms with Crippen LogP contribution in [0.5, 0.6) is 0 Å². The van der Waals surface area contributed by atoms with Gasteiger partial charge in [0.2, 0.25) is 0 Å². The Kier molecular flexibility index (Phi) is 4.35. The van der Waals surface area contributed by atoms with Crippen molar-refractivity contribution in [3.05, 3.63) is 48.0 Å². The molecule has 0 aromatic heterocycles. The number of hydrogen-bond donors (Lipinski definition) is 0. The molecule has 2 nitrogen and oxygen atoms in total. The van der Waals surface area contributed by atoms with E-state index in [4.69, 9.17) is 0 Å². The van der Waals surface area contributed by atoms with Gasteiger partial charge in [0.1, 0.15) is 0 Å². The number of esters is 1. The van der Waals surface area contributed by atoms with E-state index in [2.05, 4.69) is 11.3 Å². The summed E-state index contributed by atoms with van der Waals surface area (Å²) in [6.45, 7) is 3.70. The smallest absolute Gasteiger partial charge is 0.309 e. The molecule has 0 saturated heterocycles. The fraction of sp³-hybridized carbons (Fsp3) is 0.154. The van der Waals surface area contributed by atoms with Crippen LogP contribution in [0.15, 0.2) is 36.9 Å². The van der Waals surface area contributed by atoms with Crippen molar-refractivity contribution in [2.45, 2.75) is 6.42 Å². The predicted octanol–water partition coefficient (Wildman–Crippen LogP) is 2.91. The number of methoxy groups -OCH3 is 1. The molecular formula is C13H14O2. The molecule has 0 unspecified atom stereocenters. The van der Waals surface area contributed by atoms with Gasteiger partial charge in [-0.1, -0.05) is 43.0 Å². The Morgan fingerprint density at radius 1 is 1.47 bits per heavy atom. The molecule has 2 heteroatoms. The molecule has 0 heterocycles. The zero-order valence-electron chi connectivity index (χ0n) is 8.77. The van der Waals surface area contributed by atoms with Crippen LogP contribution >= 0.6 is 0 Å². The Hall–Kier alpha value is -1.83. The number of carbonyl (C=O) groups excluding carboxylic acids is 1. The summed E-state index contributed by atoms with van der Waals surface area (Å²) >= 11 is 0. The molecule has 0 N–H and O–H groups in total. The quantitative estimate of drug-likeness (QED) is 0.702. The van der Waals surface area contributed by atoms with Gasteiger partial charge in [-0.3, -0.25) is 4.79 Å². The minimum absolute atomic E-state index is 0.230. The van der Waals surface area contributed by atoms with E-state index in [9.17, 15) is 4.79 Å². The number of benzene rings is 1. The highest BCUT2D eigenvalue weighted by Gasteiger charge is 1.94. The van der Waals surface area contributed by atoms with E-state index >= 15 is 0 Å². The third kappa shape index (κ3) is 3.81. The van der Waals surface area contributed by atoms with Crippen LogP contribution < -0.4 is 0 Å². The summed E-state index contributed by atoms with van der Waals surface area (Å²) in [4.78, 5) is 10.8. The molecule has 0 atom stereocenters. The Morgan fingerprint density at radius 3 is 2.87 bits per heavy atom. The molecule has 1 aromatic rings. The summed E-state index contributed by atoms with van der Waals surface area (Å²) in [5.74, 6) is -0.230. The van der Waals surface area contributed by atoms with E-state index in [1.807, 2.05) is 30.3 Å². The van der Waals surface area contributed by atoms with Gasteiger partial charge in [0, 0.05) is 0 Å². The average molecular weight is 202 g/mol. The van der Waals surface area contributed by atoms with Gasteiger partial charge in [0.15, 0.2) is 0 Å². The summed E-state index contributed by atoms with van der Waals surface area (Å²) in [5, 5.41) is 0. The molecule has 0 aliphatic rings. The van der Waals surface area contributed by atoms with Gasteiger partial charge in [0.05, 0.1) is 13.5 Å². The largest absolute Gasteiger partial charge is 0.469 e. The van der Waals surface area contributed by atoms with Crippen molar-refractivity contribution in [3.8, 4) is 0 Å². The minimum atomic E-state index is -0.230. The molecular weight excluding hydrogens is 188 g/mol. The van der Waals surface area contributed by atoms with Gasteiger partial charge in [-0.25, -0.2) is 0 Å². The third-order valence-electron chi connectivity index (χ3n) is 1.97. The molecule has 0 aliphatic heterocycles. The summed E-state index contributed by atoms with van der Waals surface area (Å²) < 4.78 is 4.53. The zero-order chi connectivity index (χ0) is 11.1. The van der Waals surface area contributed by atoms with Crippen molar-refractivity contribution in [2.75, 3.05) is 7.11 Å². The number of carbonyl (C=O) groups is 1. The SMILES string of the molecule is C=Cc1cccc(C=CCC(=O)OC)c1. The van der Waals surface area contributed by atoms with Crippen LogP contribution in [0.2, 0.25) is 0 Å². The molecule has 78 valence electrons. The van der Waals surface area contributed by atoms with Gasteiger partial charge in [-0.05, 0) is 17.2 Å². The van der Waals surface area contributed by atoms with Crippen molar-refractivity contribution in [2.24, 2.45) is 0 Å². The number of rotatable bonds is 4. The molecule has 1 aromatic carbocycles. The van der Waals surface area contributed by atoms with Crippen molar-refractivity contribution in [3.63, 3.8) is 0 Å². The summed E-state index contributed by atoms with van der Waals surface area (Å²) in [6, 6.07) is 7.90. The Labute approximate surface area is 89.9 Å². The van der Waals surface area contributed by atoms with E-state index in [0.29, 0.717) is 6.42 Å². The molecule has 0 radical (unpaired) electrons. The zero-order valence-corrected chi connectivity index (χ0v) is 8.77. The van der Waals surface area contributed by atoms with E-state index in [1.165, 1.54) is 7.11 Å². The van der Waals surface area contributed by atoms with Gasteiger partial charge >= 0.3 is 5.97 Å². The van der Waals surface area contributed by atoms with Crippen LogP contribution in [0.4, 0.5) is 0 Å². The molecule has 1 rings (SSSR count). The normalized spacial score (nSPS) is 10.2. The topological polar surface area (TPSA) is 26.3 Å². The first kappa shape index (κ1) is 11.2. The molecule has 0 amide bonds. The minimum Gasteiger partial charge on any atom is -0.469 e. The highest BCUT2D eigenvalue weighted by atomic mass is 16.5. The Morgan fingerprint density at radius 2 is 2.20 bits per heavy atom. The van der Waals surface area contributed by atoms with Crippen molar-refractivity contribution < 1.29 is 9.53 Å². The first-order valence-electron chi connectivity index (χ1n) is 4.72. The van der Waals surface area contributed by atoms with Gasteiger partial charge in [-0.15, -0.1) is 0 Å².